The van der Waals surface area contributed by atoms with Crippen molar-refractivity contribution in [2.45, 2.75) is 6.54 Å². The summed E-state index contributed by atoms with van der Waals surface area (Å²) in [5.41, 5.74) is 9.09. The van der Waals surface area contributed by atoms with Gasteiger partial charge in [0.2, 0.25) is 0 Å². The number of hydrogen-bond donors (Lipinski definition) is 1. The fraction of sp³-hybridized carbons (Fsp3) is 0.0588. The predicted octanol–water partition coefficient (Wildman–Crippen LogP) is 4.53. The Labute approximate surface area is 121 Å². The number of fused-ring (bicyclic) bond motifs is 1. The highest BCUT2D eigenvalue weighted by Crippen LogP contribution is 2.26. The molecular weight excluding hydrogens is 298 g/mol. The van der Waals surface area contributed by atoms with Crippen LogP contribution >= 0.6 is 15.9 Å². The first-order valence-corrected chi connectivity index (χ1v) is 6.96. The average Bonchev–Trinajstić information content (AvgIpc) is 2.46. The highest BCUT2D eigenvalue weighted by atomic mass is 79.9. The van der Waals surface area contributed by atoms with E-state index in [1.54, 1.807) is 0 Å². The second-order valence-electron chi connectivity index (χ2n) is 4.51. The number of nitrogens with two attached hydrogens (primary N) is 1. The third-order valence-corrected chi connectivity index (χ3v) is 3.68. The predicted molar refractivity (Wildman–Crippen MR) is 83.8 cm³/mol. The summed E-state index contributed by atoms with van der Waals surface area (Å²) in [5, 5.41) is 2.31. The van der Waals surface area contributed by atoms with Crippen LogP contribution in [0.3, 0.4) is 0 Å². The van der Waals surface area contributed by atoms with E-state index in [0.29, 0.717) is 6.54 Å². The molecule has 1 nitrogen and oxygen atoms in total. The first kappa shape index (κ1) is 12.4. The van der Waals surface area contributed by atoms with Crippen LogP contribution in [0.25, 0.3) is 21.9 Å². The molecule has 0 fully saturated rings. The Morgan fingerprint density at radius 1 is 1.00 bits per heavy atom. The molecular formula is C17H13BrN. The number of halogens is 1. The summed E-state index contributed by atoms with van der Waals surface area (Å²) >= 11 is 3.49. The lowest BCUT2D eigenvalue weighted by Crippen LogP contribution is -1.95. The van der Waals surface area contributed by atoms with Gasteiger partial charge < -0.3 is 5.73 Å². The summed E-state index contributed by atoms with van der Waals surface area (Å²) in [7, 11) is 0. The largest absolute Gasteiger partial charge is 0.326 e. The van der Waals surface area contributed by atoms with E-state index in [-0.39, 0.29) is 0 Å². The molecule has 0 unspecified atom stereocenters. The van der Waals surface area contributed by atoms with Crippen molar-refractivity contribution in [1.82, 2.24) is 0 Å². The molecule has 0 saturated heterocycles. The van der Waals surface area contributed by atoms with Crippen molar-refractivity contribution in [3.63, 3.8) is 0 Å². The Morgan fingerprint density at radius 3 is 2.74 bits per heavy atom. The highest BCUT2D eigenvalue weighted by Gasteiger charge is 2.02. The molecule has 3 rings (SSSR count). The molecule has 0 atom stereocenters. The van der Waals surface area contributed by atoms with Crippen LogP contribution in [0.15, 0.2) is 59.1 Å². The SMILES string of the molecule is NCc1cccc(-c2[c]c3ccc(Br)cc3cc2)c1. The van der Waals surface area contributed by atoms with Crippen LogP contribution in [0.5, 0.6) is 0 Å². The van der Waals surface area contributed by atoms with E-state index in [1.807, 2.05) is 18.2 Å². The van der Waals surface area contributed by atoms with Gasteiger partial charge in [-0.1, -0.05) is 52.3 Å². The van der Waals surface area contributed by atoms with E-state index in [9.17, 15) is 0 Å². The van der Waals surface area contributed by atoms with Gasteiger partial charge in [-0.3, -0.25) is 0 Å². The van der Waals surface area contributed by atoms with Crippen LogP contribution in [-0.2, 0) is 6.54 Å². The summed E-state index contributed by atoms with van der Waals surface area (Å²) in [5.74, 6) is 0. The van der Waals surface area contributed by atoms with Gasteiger partial charge in [0, 0.05) is 11.0 Å². The zero-order valence-corrected chi connectivity index (χ0v) is 11.9. The van der Waals surface area contributed by atoms with E-state index in [4.69, 9.17) is 5.73 Å². The molecule has 0 aliphatic carbocycles. The van der Waals surface area contributed by atoms with E-state index in [0.717, 1.165) is 26.5 Å². The molecule has 2 heteroatoms. The van der Waals surface area contributed by atoms with Gasteiger partial charge in [0.1, 0.15) is 0 Å². The van der Waals surface area contributed by atoms with Crippen LogP contribution in [0.1, 0.15) is 5.56 Å². The van der Waals surface area contributed by atoms with Gasteiger partial charge in [0.15, 0.2) is 0 Å². The summed E-state index contributed by atoms with van der Waals surface area (Å²) < 4.78 is 1.09. The van der Waals surface area contributed by atoms with Crippen LogP contribution in [-0.4, -0.2) is 0 Å². The first-order valence-electron chi connectivity index (χ1n) is 6.17. The highest BCUT2D eigenvalue weighted by molar-refractivity contribution is 9.10. The lowest BCUT2D eigenvalue weighted by atomic mass is 10.00. The molecule has 0 amide bonds. The van der Waals surface area contributed by atoms with Crippen molar-refractivity contribution in [2.75, 3.05) is 0 Å². The van der Waals surface area contributed by atoms with E-state index >= 15 is 0 Å². The Bertz CT molecular complexity index is 734. The lowest BCUT2D eigenvalue weighted by Gasteiger charge is -2.06. The van der Waals surface area contributed by atoms with Gasteiger partial charge in [-0.25, -0.2) is 0 Å². The van der Waals surface area contributed by atoms with Gasteiger partial charge in [-0.15, -0.1) is 0 Å². The van der Waals surface area contributed by atoms with Gasteiger partial charge >= 0.3 is 0 Å². The monoisotopic (exact) mass is 310 g/mol. The number of rotatable bonds is 2. The standard InChI is InChI=1S/C17H13BrN/c18-17-7-6-15-9-14(4-5-16(15)10-17)13-3-1-2-12(8-13)11-19/h1-8,10H,11,19H2. The molecule has 0 saturated carbocycles. The summed E-state index contributed by atoms with van der Waals surface area (Å²) in [6.07, 6.45) is 0. The Balaban J connectivity index is 2.12. The first-order chi connectivity index (χ1) is 9.26. The van der Waals surface area contributed by atoms with Crippen molar-refractivity contribution >= 4 is 26.7 Å². The van der Waals surface area contributed by atoms with Gasteiger partial charge in [-0.2, -0.15) is 0 Å². The maximum absolute atomic E-state index is 5.69. The molecule has 0 aromatic heterocycles. The molecule has 0 heterocycles. The smallest absolute Gasteiger partial charge is 0.0181 e. The quantitative estimate of drug-likeness (QED) is 0.739. The maximum atomic E-state index is 5.69. The number of benzene rings is 3. The molecule has 2 N–H and O–H groups in total. The Morgan fingerprint density at radius 2 is 1.89 bits per heavy atom. The van der Waals surface area contributed by atoms with Crippen LogP contribution in [0, 0.1) is 6.07 Å². The van der Waals surface area contributed by atoms with Crippen LogP contribution in [0.2, 0.25) is 0 Å². The van der Waals surface area contributed by atoms with Crippen molar-refractivity contribution in [2.24, 2.45) is 5.73 Å². The minimum absolute atomic E-state index is 0.564. The van der Waals surface area contributed by atoms with E-state index < -0.39 is 0 Å². The molecule has 19 heavy (non-hydrogen) atoms. The molecule has 0 aliphatic heterocycles. The van der Waals surface area contributed by atoms with Gasteiger partial charge in [0.25, 0.3) is 0 Å². The summed E-state index contributed by atoms with van der Waals surface area (Å²) in [6, 6.07) is 22.2. The second kappa shape index (κ2) is 5.16. The molecule has 0 aliphatic rings. The average molecular weight is 311 g/mol. The summed E-state index contributed by atoms with van der Waals surface area (Å²) in [6.45, 7) is 0.564. The molecule has 0 spiro atoms. The van der Waals surface area contributed by atoms with E-state index in [2.05, 4.69) is 58.4 Å². The van der Waals surface area contributed by atoms with Gasteiger partial charge in [0.05, 0.1) is 0 Å². The zero-order valence-electron chi connectivity index (χ0n) is 10.4. The van der Waals surface area contributed by atoms with Crippen molar-refractivity contribution < 1.29 is 0 Å². The van der Waals surface area contributed by atoms with Crippen LogP contribution < -0.4 is 5.73 Å². The molecule has 0 bridgehead atoms. The third-order valence-electron chi connectivity index (χ3n) is 3.19. The van der Waals surface area contributed by atoms with Crippen LogP contribution in [0.4, 0.5) is 0 Å². The zero-order chi connectivity index (χ0) is 13.2. The topological polar surface area (TPSA) is 26.0 Å². The maximum Gasteiger partial charge on any atom is 0.0181 e. The summed E-state index contributed by atoms with van der Waals surface area (Å²) in [4.78, 5) is 0. The van der Waals surface area contributed by atoms with Gasteiger partial charge in [-0.05, 0) is 51.7 Å². The van der Waals surface area contributed by atoms with Crippen molar-refractivity contribution in [3.05, 3.63) is 70.7 Å². The Kier molecular flexibility index (Phi) is 3.36. The fourth-order valence-corrected chi connectivity index (χ4v) is 2.56. The normalized spacial score (nSPS) is 10.8. The minimum atomic E-state index is 0.564. The number of hydrogen-bond acceptors (Lipinski definition) is 1. The van der Waals surface area contributed by atoms with E-state index in [1.165, 1.54) is 5.39 Å². The molecule has 3 aromatic carbocycles. The minimum Gasteiger partial charge on any atom is -0.326 e. The fourth-order valence-electron chi connectivity index (χ4n) is 2.18. The molecule has 93 valence electrons. The Hall–Kier alpha value is -1.64. The molecule has 1 radical (unpaired) electrons. The van der Waals surface area contributed by atoms with Crippen molar-refractivity contribution in [1.29, 1.82) is 0 Å². The second-order valence-corrected chi connectivity index (χ2v) is 5.42. The van der Waals surface area contributed by atoms with Crippen molar-refractivity contribution in [3.8, 4) is 11.1 Å². The third kappa shape index (κ3) is 2.55. The molecule has 3 aromatic rings. The lowest BCUT2D eigenvalue weighted by molar-refractivity contribution is 1.07.